The molecule has 0 aromatic carbocycles. The molecule has 0 bridgehead atoms. The van der Waals surface area contributed by atoms with Gasteiger partial charge >= 0.3 is 0 Å². The van der Waals surface area contributed by atoms with Crippen molar-refractivity contribution in [2.75, 3.05) is 19.8 Å². The number of hydrogen-bond acceptors (Lipinski definition) is 4. The number of aliphatic hydroxyl groups excluding tert-OH is 1. The summed E-state index contributed by atoms with van der Waals surface area (Å²) >= 11 is 0. The van der Waals surface area contributed by atoms with Gasteiger partial charge in [-0.05, 0) is 6.42 Å². The largest absolute Gasteiger partial charge is 0.388 e. The first-order valence-electron chi connectivity index (χ1n) is 4.42. The molecule has 2 aliphatic heterocycles. The zero-order valence-electron chi connectivity index (χ0n) is 6.99. The summed E-state index contributed by atoms with van der Waals surface area (Å²) in [4.78, 5) is 4.27. The van der Waals surface area contributed by atoms with Gasteiger partial charge in [0.05, 0.1) is 31.2 Å². The topological polar surface area (TPSA) is 53.9 Å². The molecule has 2 aliphatic rings. The quantitative estimate of drug-likeness (QED) is 0.559. The average Bonchev–Trinajstić information content (AvgIpc) is 2.65. The molecule has 0 amide bonds. The number of aliphatic hydroxyl groups is 1. The van der Waals surface area contributed by atoms with Gasteiger partial charge in [0.1, 0.15) is 0 Å². The second-order valence-corrected chi connectivity index (χ2v) is 3.29. The number of ether oxygens (including phenoxy) is 1. The first kappa shape index (κ1) is 8.01. The molecule has 0 aromatic heterocycles. The van der Waals surface area contributed by atoms with E-state index in [1.54, 1.807) is 0 Å². The summed E-state index contributed by atoms with van der Waals surface area (Å²) in [6.07, 6.45) is 1.78. The lowest BCUT2D eigenvalue weighted by Crippen LogP contribution is -2.41. The van der Waals surface area contributed by atoms with Crippen LogP contribution in [-0.4, -0.2) is 42.8 Å². The van der Waals surface area contributed by atoms with Crippen molar-refractivity contribution in [3.05, 3.63) is 0 Å². The molecule has 0 aliphatic carbocycles. The Morgan fingerprint density at radius 3 is 3.00 bits per heavy atom. The second kappa shape index (κ2) is 3.41. The Morgan fingerprint density at radius 1 is 1.50 bits per heavy atom. The number of nitrogens with one attached hydrogen (secondary N) is 1. The number of hydrogen-bond donors (Lipinski definition) is 2. The van der Waals surface area contributed by atoms with Gasteiger partial charge in [0.2, 0.25) is 0 Å². The fourth-order valence-corrected chi connectivity index (χ4v) is 1.55. The van der Waals surface area contributed by atoms with E-state index in [1.165, 1.54) is 0 Å². The highest BCUT2D eigenvalue weighted by molar-refractivity contribution is 5.83. The van der Waals surface area contributed by atoms with Gasteiger partial charge in [-0.15, -0.1) is 0 Å². The molecular weight excluding hydrogens is 156 g/mol. The fraction of sp³-hybridized carbons (Fsp3) is 0.875. The van der Waals surface area contributed by atoms with E-state index >= 15 is 0 Å². The zero-order valence-corrected chi connectivity index (χ0v) is 6.99. The monoisotopic (exact) mass is 170 g/mol. The van der Waals surface area contributed by atoms with Crippen LogP contribution in [0.2, 0.25) is 0 Å². The lowest BCUT2D eigenvalue weighted by atomic mass is 10.2. The minimum atomic E-state index is -0.367. The lowest BCUT2D eigenvalue weighted by molar-refractivity contribution is 0.124. The van der Waals surface area contributed by atoms with Crippen molar-refractivity contribution in [3.8, 4) is 0 Å². The zero-order chi connectivity index (χ0) is 8.39. The number of rotatable bonds is 1. The van der Waals surface area contributed by atoms with Gasteiger partial charge in [-0.3, -0.25) is 4.99 Å². The Hall–Kier alpha value is -0.610. The standard InChI is InChI=1S/C8H14N2O2/c11-7-5-12-4-6(7)10-8-2-1-3-9-8/h6-7,11H,1-5H2,(H,9,10). The Balaban J connectivity index is 1.85. The molecule has 12 heavy (non-hydrogen) atoms. The molecule has 0 saturated carbocycles. The minimum Gasteiger partial charge on any atom is -0.388 e. The van der Waals surface area contributed by atoms with Crippen molar-refractivity contribution in [3.63, 3.8) is 0 Å². The second-order valence-electron chi connectivity index (χ2n) is 3.29. The van der Waals surface area contributed by atoms with Crippen LogP contribution in [0, 0.1) is 0 Å². The van der Waals surface area contributed by atoms with E-state index in [4.69, 9.17) is 4.74 Å². The number of aliphatic imine (C=N–C) groups is 1. The molecule has 0 spiro atoms. The summed E-state index contributed by atoms with van der Waals surface area (Å²) in [5.74, 6) is 1.03. The molecular formula is C8H14N2O2. The van der Waals surface area contributed by atoms with E-state index in [0.29, 0.717) is 13.2 Å². The molecule has 4 nitrogen and oxygen atoms in total. The van der Waals surface area contributed by atoms with E-state index in [0.717, 1.165) is 25.2 Å². The van der Waals surface area contributed by atoms with E-state index in [-0.39, 0.29) is 12.1 Å². The summed E-state index contributed by atoms with van der Waals surface area (Å²) < 4.78 is 5.11. The maximum absolute atomic E-state index is 9.41. The molecule has 0 radical (unpaired) electrons. The molecule has 1 fully saturated rings. The maximum Gasteiger partial charge on any atom is 0.0996 e. The third kappa shape index (κ3) is 1.59. The van der Waals surface area contributed by atoms with Crippen molar-refractivity contribution in [1.82, 2.24) is 5.32 Å². The van der Waals surface area contributed by atoms with Crippen LogP contribution in [0.3, 0.4) is 0 Å². The van der Waals surface area contributed by atoms with Crippen LogP contribution < -0.4 is 5.32 Å². The van der Waals surface area contributed by atoms with Gasteiger partial charge in [0.25, 0.3) is 0 Å². The third-order valence-electron chi connectivity index (χ3n) is 2.28. The van der Waals surface area contributed by atoms with Crippen LogP contribution in [0.15, 0.2) is 4.99 Å². The highest BCUT2D eigenvalue weighted by Crippen LogP contribution is 2.08. The first-order chi connectivity index (χ1) is 5.86. The normalized spacial score (nSPS) is 35.2. The predicted molar refractivity (Wildman–Crippen MR) is 45.3 cm³/mol. The Bertz CT molecular complexity index is 193. The smallest absolute Gasteiger partial charge is 0.0996 e. The van der Waals surface area contributed by atoms with Crippen LogP contribution >= 0.6 is 0 Å². The molecule has 2 N–H and O–H groups in total. The van der Waals surface area contributed by atoms with Crippen molar-refractivity contribution in [1.29, 1.82) is 0 Å². The van der Waals surface area contributed by atoms with Gasteiger partial charge in [-0.1, -0.05) is 0 Å². The van der Waals surface area contributed by atoms with Crippen LogP contribution in [0.5, 0.6) is 0 Å². The molecule has 4 heteroatoms. The molecule has 1 saturated heterocycles. The molecule has 2 unspecified atom stereocenters. The van der Waals surface area contributed by atoms with Crippen LogP contribution in [0.4, 0.5) is 0 Å². The van der Waals surface area contributed by atoms with Crippen molar-refractivity contribution in [2.45, 2.75) is 25.0 Å². The highest BCUT2D eigenvalue weighted by atomic mass is 16.5. The average molecular weight is 170 g/mol. The van der Waals surface area contributed by atoms with Crippen LogP contribution in [-0.2, 0) is 4.74 Å². The fourth-order valence-electron chi connectivity index (χ4n) is 1.55. The van der Waals surface area contributed by atoms with Crippen molar-refractivity contribution >= 4 is 5.84 Å². The highest BCUT2D eigenvalue weighted by Gasteiger charge is 2.27. The summed E-state index contributed by atoms with van der Waals surface area (Å²) in [6, 6.07) is 0.0573. The Kier molecular flexibility index (Phi) is 2.28. The maximum atomic E-state index is 9.41. The van der Waals surface area contributed by atoms with E-state index in [1.807, 2.05) is 0 Å². The molecule has 2 rings (SSSR count). The van der Waals surface area contributed by atoms with Gasteiger partial charge < -0.3 is 15.2 Å². The molecule has 68 valence electrons. The minimum absolute atomic E-state index is 0.0573. The van der Waals surface area contributed by atoms with E-state index < -0.39 is 0 Å². The van der Waals surface area contributed by atoms with Crippen LogP contribution in [0.25, 0.3) is 0 Å². The number of amidine groups is 1. The van der Waals surface area contributed by atoms with Crippen molar-refractivity contribution < 1.29 is 9.84 Å². The van der Waals surface area contributed by atoms with Gasteiger partial charge in [0.15, 0.2) is 0 Å². The summed E-state index contributed by atoms with van der Waals surface area (Å²) in [5, 5.41) is 12.6. The number of nitrogens with zero attached hydrogens (tertiary/aromatic N) is 1. The van der Waals surface area contributed by atoms with Gasteiger partial charge in [-0.25, -0.2) is 0 Å². The Morgan fingerprint density at radius 2 is 2.42 bits per heavy atom. The Labute approximate surface area is 71.6 Å². The lowest BCUT2D eigenvalue weighted by Gasteiger charge is -2.15. The van der Waals surface area contributed by atoms with E-state index in [2.05, 4.69) is 10.3 Å². The van der Waals surface area contributed by atoms with Crippen LogP contribution in [0.1, 0.15) is 12.8 Å². The molecule has 0 aromatic rings. The van der Waals surface area contributed by atoms with Gasteiger partial charge in [0, 0.05) is 13.0 Å². The summed E-state index contributed by atoms with van der Waals surface area (Å²) in [7, 11) is 0. The summed E-state index contributed by atoms with van der Waals surface area (Å²) in [5.41, 5.74) is 0. The molecule has 2 heterocycles. The third-order valence-corrected chi connectivity index (χ3v) is 2.28. The molecule has 2 atom stereocenters. The predicted octanol–water partition coefficient (Wildman–Crippen LogP) is -0.472. The van der Waals surface area contributed by atoms with E-state index in [9.17, 15) is 5.11 Å². The van der Waals surface area contributed by atoms with Gasteiger partial charge in [-0.2, -0.15) is 0 Å². The first-order valence-corrected chi connectivity index (χ1v) is 4.42. The summed E-state index contributed by atoms with van der Waals surface area (Å²) in [6.45, 7) is 1.97. The SMILES string of the molecule is OC1COCC1NC1=NCCC1. The van der Waals surface area contributed by atoms with Crippen molar-refractivity contribution in [2.24, 2.45) is 4.99 Å².